The van der Waals surface area contributed by atoms with E-state index in [0.29, 0.717) is 24.8 Å². The molecule has 0 bridgehead atoms. The Bertz CT molecular complexity index is 772. The Morgan fingerprint density at radius 3 is 2.75 bits per heavy atom. The average Bonchev–Trinajstić information content (AvgIpc) is 3.37. The van der Waals surface area contributed by atoms with Gasteiger partial charge < -0.3 is 9.64 Å². The van der Waals surface area contributed by atoms with E-state index in [1.54, 1.807) is 7.11 Å². The van der Waals surface area contributed by atoms with Crippen molar-refractivity contribution < 1.29 is 9.53 Å². The van der Waals surface area contributed by atoms with E-state index < -0.39 is 0 Å². The Kier molecular flexibility index (Phi) is 5.07. The zero-order chi connectivity index (χ0) is 17.3. The molecule has 1 aromatic carbocycles. The first-order valence-electron chi connectivity index (χ1n) is 8.33. The van der Waals surface area contributed by atoms with E-state index in [0.717, 1.165) is 34.9 Å². The van der Waals surface area contributed by atoms with Crippen LogP contribution in [0.1, 0.15) is 29.5 Å². The Balaban J connectivity index is 1.91. The molecule has 1 fully saturated rings. The lowest BCUT2D eigenvalue weighted by molar-refractivity contribution is -0.133. The molecule has 24 heavy (non-hydrogen) atoms. The summed E-state index contributed by atoms with van der Waals surface area (Å²) in [5.41, 5.74) is 4.12. The quantitative estimate of drug-likeness (QED) is 0.745. The fourth-order valence-corrected chi connectivity index (χ4v) is 3.25. The summed E-state index contributed by atoms with van der Waals surface area (Å²) in [5, 5.41) is 1.54. The van der Waals surface area contributed by atoms with Crippen molar-refractivity contribution in [1.29, 1.82) is 0 Å². The number of fused-ring (bicyclic) bond motifs is 1. The van der Waals surface area contributed by atoms with Crippen molar-refractivity contribution in [2.45, 2.75) is 33.2 Å². The molecule has 0 spiro atoms. The second kappa shape index (κ2) is 7.08. The summed E-state index contributed by atoms with van der Waals surface area (Å²) in [7, 11) is 1.65. The van der Waals surface area contributed by atoms with Gasteiger partial charge in [0.05, 0.1) is 12.1 Å². The van der Waals surface area contributed by atoms with E-state index in [1.165, 1.54) is 5.56 Å². The van der Waals surface area contributed by atoms with Crippen molar-refractivity contribution in [3.8, 4) is 0 Å². The Labute approximate surface area is 147 Å². The highest BCUT2D eigenvalue weighted by Crippen LogP contribution is 2.32. The minimum atomic E-state index is 0.179. The number of ether oxygens (including phenoxy) is 1. The van der Waals surface area contributed by atoms with Gasteiger partial charge in [0.1, 0.15) is 5.15 Å². The molecule has 1 aromatic heterocycles. The van der Waals surface area contributed by atoms with Gasteiger partial charge in [-0.15, -0.1) is 0 Å². The molecular formula is C19H23ClN2O2. The fourth-order valence-electron chi connectivity index (χ4n) is 3.05. The number of carbonyl (C=O) groups is 1. The first-order chi connectivity index (χ1) is 11.5. The molecule has 0 aliphatic heterocycles. The Hall–Kier alpha value is -1.65. The van der Waals surface area contributed by atoms with Crippen molar-refractivity contribution in [3.63, 3.8) is 0 Å². The van der Waals surface area contributed by atoms with Crippen LogP contribution in [-0.2, 0) is 16.1 Å². The summed E-state index contributed by atoms with van der Waals surface area (Å²) in [6.07, 6.45) is 1.98. The normalized spacial score (nSPS) is 14.2. The highest BCUT2D eigenvalue weighted by Gasteiger charge is 2.33. The van der Waals surface area contributed by atoms with Gasteiger partial charge in [-0.2, -0.15) is 0 Å². The topological polar surface area (TPSA) is 42.4 Å². The number of nitrogens with zero attached hydrogens (tertiary/aromatic N) is 2. The van der Waals surface area contributed by atoms with Crippen LogP contribution in [0.15, 0.2) is 18.2 Å². The summed E-state index contributed by atoms with van der Waals surface area (Å²) in [6, 6.07) is 6.27. The van der Waals surface area contributed by atoms with Gasteiger partial charge in [-0.25, -0.2) is 4.98 Å². The third kappa shape index (κ3) is 3.70. The van der Waals surface area contributed by atoms with E-state index >= 15 is 0 Å². The first kappa shape index (κ1) is 17.2. The molecule has 4 nitrogen and oxygen atoms in total. The number of amides is 1. The lowest BCUT2D eigenvalue weighted by Crippen LogP contribution is -2.34. The molecular weight excluding hydrogens is 324 g/mol. The summed E-state index contributed by atoms with van der Waals surface area (Å²) in [6.45, 7) is 5.69. The van der Waals surface area contributed by atoms with E-state index in [2.05, 4.69) is 30.1 Å². The fraction of sp³-hybridized carbons (Fsp3) is 0.474. The van der Waals surface area contributed by atoms with Crippen LogP contribution in [0.4, 0.5) is 0 Å². The van der Waals surface area contributed by atoms with E-state index in [9.17, 15) is 4.79 Å². The summed E-state index contributed by atoms with van der Waals surface area (Å²) < 4.78 is 5.15. The highest BCUT2D eigenvalue weighted by atomic mass is 35.5. The largest absolute Gasteiger partial charge is 0.383 e. The molecule has 0 saturated heterocycles. The third-order valence-electron chi connectivity index (χ3n) is 4.44. The van der Waals surface area contributed by atoms with Crippen LogP contribution < -0.4 is 0 Å². The van der Waals surface area contributed by atoms with E-state index in [4.69, 9.17) is 16.3 Å². The zero-order valence-corrected chi connectivity index (χ0v) is 15.2. The molecule has 1 aliphatic rings. The van der Waals surface area contributed by atoms with Crippen molar-refractivity contribution in [2.24, 2.45) is 5.92 Å². The smallest absolute Gasteiger partial charge is 0.226 e. The average molecular weight is 347 g/mol. The second-order valence-corrected chi connectivity index (χ2v) is 6.98. The molecule has 5 heteroatoms. The SMILES string of the molecule is COCCN(Cc1cc2cc(C)cc(C)c2nc1Cl)C(=O)C1CC1. The molecule has 1 amide bonds. The van der Waals surface area contributed by atoms with Gasteiger partial charge in [-0.3, -0.25) is 4.79 Å². The maximum absolute atomic E-state index is 12.5. The van der Waals surface area contributed by atoms with Crippen LogP contribution >= 0.6 is 11.6 Å². The minimum Gasteiger partial charge on any atom is -0.383 e. The summed E-state index contributed by atoms with van der Waals surface area (Å²) in [5.74, 6) is 0.377. The number of aryl methyl sites for hydroxylation is 2. The maximum atomic E-state index is 12.5. The van der Waals surface area contributed by atoms with Crippen LogP contribution in [0.25, 0.3) is 10.9 Å². The molecule has 0 unspecified atom stereocenters. The maximum Gasteiger partial charge on any atom is 0.226 e. The van der Waals surface area contributed by atoms with Gasteiger partial charge in [0.25, 0.3) is 0 Å². The standard InChI is InChI=1S/C19H23ClN2O2/c1-12-8-13(2)17-15(9-12)10-16(18(20)21-17)11-22(6-7-24-3)19(23)14-4-5-14/h8-10,14H,4-7,11H2,1-3H3. The first-order valence-corrected chi connectivity index (χ1v) is 8.71. The predicted molar refractivity (Wildman–Crippen MR) is 96.2 cm³/mol. The van der Waals surface area contributed by atoms with Gasteiger partial charge >= 0.3 is 0 Å². The Morgan fingerprint density at radius 2 is 2.08 bits per heavy atom. The van der Waals surface area contributed by atoms with Gasteiger partial charge in [-0.1, -0.05) is 23.2 Å². The predicted octanol–water partition coefficient (Wildman–Crippen LogP) is 3.89. The van der Waals surface area contributed by atoms with Crippen LogP contribution in [0.5, 0.6) is 0 Å². The van der Waals surface area contributed by atoms with Crippen LogP contribution in [0.2, 0.25) is 5.15 Å². The van der Waals surface area contributed by atoms with E-state index in [1.807, 2.05) is 11.8 Å². The number of rotatable bonds is 6. The van der Waals surface area contributed by atoms with Crippen molar-refractivity contribution >= 4 is 28.4 Å². The molecule has 0 atom stereocenters. The van der Waals surface area contributed by atoms with Crippen LogP contribution in [-0.4, -0.2) is 36.1 Å². The molecule has 1 saturated carbocycles. The van der Waals surface area contributed by atoms with Crippen molar-refractivity contribution in [2.75, 3.05) is 20.3 Å². The number of halogens is 1. The number of hydrogen-bond acceptors (Lipinski definition) is 3. The lowest BCUT2D eigenvalue weighted by Gasteiger charge is -2.23. The number of benzene rings is 1. The van der Waals surface area contributed by atoms with Gasteiger partial charge in [0.15, 0.2) is 0 Å². The summed E-state index contributed by atoms with van der Waals surface area (Å²) >= 11 is 6.41. The zero-order valence-electron chi connectivity index (χ0n) is 14.4. The van der Waals surface area contributed by atoms with Crippen LogP contribution in [0, 0.1) is 19.8 Å². The second-order valence-electron chi connectivity index (χ2n) is 6.62. The highest BCUT2D eigenvalue weighted by molar-refractivity contribution is 6.30. The number of methoxy groups -OCH3 is 1. The van der Waals surface area contributed by atoms with Crippen LogP contribution in [0.3, 0.4) is 0 Å². The monoisotopic (exact) mass is 346 g/mol. The van der Waals surface area contributed by atoms with E-state index in [-0.39, 0.29) is 11.8 Å². The molecule has 3 rings (SSSR count). The minimum absolute atomic E-state index is 0.179. The number of carbonyl (C=O) groups excluding carboxylic acids is 1. The molecule has 2 aromatic rings. The molecule has 0 N–H and O–H groups in total. The lowest BCUT2D eigenvalue weighted by atomic mass is 10.1. The summed E-state index contributed by atoms with van der Waals surface area (Å²) in [4.78, 5) is 18.9. The van der Waals surface area contributed by atoms with Gasteiger partial charge in [0, 0.05) is 37.1 Å². The number of hydrogen-bond donors (Lipinski definition) is 0. The van der Waals surface area contributed by atoms with Gasteiger partial charge in [-0.05, 0) is 44.4 Å². The molecule has 1 aliphatic carbocycles. The van der Waals surface area contributed by atoms with Gasteiger partial charge in [0.2, 0.25) is 5.91 Å². The number of pyridine rings is 1. The number of aromatic nitrogens is 1. The van der Waals surface area contributed by atoms with Crippen molar-refractivity contribution in [3.05, 3.63) is 40.0 Å². The Morgan fingerprint density at radius 1 is 1.33 bits per heavy atom. The molecule has 1 heterocycles. The third-order valence-corrected chi connectivity index (χ3v) is 4.77. The van der Waals surface area contributed by atoms with Crippen molar-refractivity contribution in [1.82, 2.24) is 9.88 Å². The molecule has 128 valence electrons. The molecule has 0 radical (unpaired) electrons.